The van der Waals surface area contributed by atoms with E-state index >= 15 is 0 Å². The fraction of sp³-hybridized carbons (Fsp3) is 0.429. The molecule has 0 radical (unpaired) electrons. The molecule has 2 amide bonds. The van der Waals surface area contributed by atoms with Gasteiger partial charge in [0.25, 0.3) is 5.91 Å². The highest BCUT2D eigenvalue weighted by molar-refractivity contribution is 8.15. The number of amides is 2. The number of carbonyl (C=O) groups is 2. The third-order valence-corrected chi connectivity index (χ3v) is 7.87. The highest BCUT2D eigenvalue weighted by Crippen LogP contribution is 2.38. The maximum absolute atomic E-state index is 12.7. The van der Waals surface area contributed by atoms with Crippen LogP contribution in [0.25, 0.3) is 0 Å². The summed E-state index contributed by atoms with van der Waals surface area (Å²) in [5, 5.41) is 6.41. The number of anilines is 1. The smallest absolute Gasteiger partial charge is 0.310 e. The Kier molecular flexibility index (Phi) is 8.07. The molecular weight excluding hydrogens is 527 g/mol. The molecule has 0 bridgehead atoms. The average Bonchev–Trinajstić information content (AvgIpc) is 2.81. The highest BCUT2D eigenvalue weighted by atomic mass is 35.5. The van der Waals surface area contributed by atoms with E-state index in [1.807, 2.05) is 45.9 Å². The molecule has 0 saturated carbocycles. The highest BCUT2D eigenvalue weighted by Gasteiger charge is 2.40. The monoisotopic (exact) mass is 558 g/mol. The number of fused-ring (bicyclic) bond motifs is 1. The minimum atomic E-state index is -0.575. The van der Waals surface area contributed by atoms with Gasteiger partial charge in [-0.05, 0) is 93.8 Å². The van der Waals surface area contributed by atoms with Crippen molar-refractivity contribution in [3.05, 3.63) is 63.1 Å². The number of halogens is 2. The molecule has 196 valence electrons. The van der Waals surface area contributed by atoms with Crippen LogP contribution < -0.4 is 4.90 Å². The molecule has 0 unspecified atom stereocenters. The Hall–Kier alpha value is -2.35. The number of hydrazone groups is 1. The molecule has 2 aliphatic heterocycles. The third kappa shape index (κ3) is 5.74. The first-order valence-corrected chi connectivity index (χ1v) is 14.1. The molecule has 0 aliphatic carbocycles. The zero-order chi connectivity index (χ0) is 27.1. The SMILES string of the molecule is CC(C)/N=C(/c1ccc(Cl)cc1Cl)N1CCCc2cc(C3=NN(C(=O)C(C)C)C(=O)SC3(C)C)ccc21. The molecule has 9 heteroatoms. The van der Waals surface area contributed by atoms with Crippen LogP contribution in [0.2, 0.25) is 10.0 Å². The lowest BCUT2D eigenvalue weighted by molar-refractivity contribution is -0.131. The minimum Gasteiger partial charge on any atom is -0.326 e. The third-order valence-electron chi connectivity index (χ3n) is 6.27. The van der Waals surface area contributed by atoms with Crippen molar-refractivity contribution in [1.82, 2.24) is 5.01 Å². The Labute approximate surface area is 233 Å². The van der Waals surface area contributed by atoms with E-state index in [-0.39, 0.29) is 23.1 Å². The van der Waals surface area contributed by atoms with Gasteiger partial charge in [0.05, 0.1) is 15.5 Å². The first kappa shape index (κ1) is 27.7. The number of aliphatic imine (C=N–C) groups is 1. The molecule has 0 fully saturated rings. The summed E-state index contributed by atoms with van der Waals surface area (Å²) in [6.45, 7) is 12.4. The molecule has 0 spiro atoms. The lowest BCUT2D eigenvalue weighted by atomic mass is 9.93. The van der Waals surface area contributed by atoms with Gasteiger partial charge < -0.3 is 4.90 Å². The summed E-state index contributed by atoms with van der Waals surface area (Å²) in [6.07, 6.45) is 1.84. The molecular formula is C28H32Cl2N4O2S. The Bertz CT molecular complexity index is 1300. The second-order valence-electron chi connectivity index (χ2n) is 10.4. The summed E-state index contributed by atoms with van der Waals surface area (Å²) < 4.78 is -0.575. The van der Waals surface area contributed by atoms with Gasteiger partial charge in [-0.1, -0.05) is 43.1 Å². The van der Waals surface area contributed by atoms with Gasteiger partial charge in [0.2, 0.25) is 0 Å². The van der Waals surface area contributed by atoms with Crippen molar-refractivity contribution in [2.24, 2.45) is 16.0 Å². The van der Waals surface area contributed by atoms with Gasteiger partial charge in [-0.15, -0.1) is 0 Å². The minimum absolute atomic E-state index is 0.0721. The van der Waals surface area contributed by atoms with Gasteiger partial charge in [-0.25, -0.2) is 0 Å². The Morgan fingerprint density at radius 2 is 1.84 bits per heavy atom. The maximum atomic E-state index is 12.7. The van der Waals surface area contributed by atoms with E-state index in [9.17, 15) is 9.59 Å². The summed E-state index contributed by atoms with van der Waals surface area (Å²) in [5.41, 5.74) is 4.68. The molecule has 2 aromatic carbocycles. The number of thioether (sulfide) groups is 1. The summed E-state index contributed by atoms with van der Waals surface area (Å²) in [5.74, 6) is 0.186. The van der Waals surface area contributed by atoms with Gasteiger partial charge in [0.1, 0.15) is 5.84 Å². The number of imide groups is 1. The fourth-order valence-electron chi connectivity index (χ4n) is 4.52. The molecule has 2 heterocycles. The van der Waals surface area contributed by atoms with Crippen LogP contribution in [-0.2, 0) is 11.2 Å². The first-order chi connectivity index (χ1) is 17.4. The van der Waals surface area contributed by atoms with Crippen LogP contribution >= 0.6 is 35.0 Å². The van der Waals surface area contributed by atoms with Crippen molar-refractivity contribution >= 4 is 63.3 Å². The Morgan fingerprint density at radius 1 is 1.11 bits per heavy atom. The van der Waals surface area contributed by atoms with E-state index in [1.165, 1.54) is 0 Å². The number of hydrogen-bond acceptors (Lipinski definition) is 5. The predicted octanol–water partition coefficient (Wildman–Crippen LogP) is 7.44. The van der Waals surface area contributed by atoms with Crippen molar-refractivity contribution in [3.8, 4) is 0 Å². The van der Waals surface area contributed by atoms with Gasteiger partial charge in [0.15, 0.2) is 0 Å². The van der Waals surface area contributed by atoms with Crippen LogP contribution in [0.15, 0.2) is 46.5 Å². The number of carbonyl (C=O) groups excluding carboxylic acids is 2. The molecule has 0 saturated heterocycles. The van der Waals surface area contributed by atoms with Crippen LogP contribution in [0.1, 0.15) is 64.7 Å². The molecule has 2 aliphatic rings. The number of benzene rings is 2. The van der Waals surface area contributed by atoms with Crippen molar-refractivity contribution in [2.45, 2.75) is 65.2 Å². The van der Waals surface area contributed by atoms with Crippen molar-refractivity contribution in [3.63, 3.8) is 0 Å². The number of aryl methyl sites for hydroxylation is 1. The predicted molar refractivity (Wildman–Crippen MR) is 156 cm³/mol. The van der Waals surface area contributed by atoms with Gasteiger partial charge in [-0.2, -0.15) is 10.1 Å². The average molecular weight is 560 g/mol. The van der Waals surface area contributed by atoms with Crippen molar-refractivity contribution in [1.29, 1.82) is 0 Å². The topological polar surface area (TPSA) is 65.3 Å². The second kappa shape index (κ2) is 10.8. The summed E-state index contributed by atoms with van der Waals surface area (Å²) >= 11 is 13.9. The van der Waals surface area contributed by atoms with E-state index < -0.39 is 4.75 Å². The molecule has 37 heavy (non-hydrogen) atoms. The van der Waals surface area contributed by atoms with Crippen LogP contribution in [0.3, 0.4) is 0 Å². The van der Waals surface area contributed by atoms with Crippen LogP contribution in [-0.4, -0.2) is 45.0 Å². The van der Waals surface area contributed by atoms with Crippen LogP contribution in [0, 0.1) is 5.92 Å². The zero-order valence-corrected chi connectivity index (χ0v) is 24.3. The van der Waals surface area contributed by atoms with Crippen molar-refractivity contribution < 1.29 is 9.59 Å². The summed E-state index contributed by atoms with van der Waals surface area (Å²) in [6, 6.07) is 11.8. The van der Waals surface area contributed by atoms with Gasteiger partial charge in [0, 0.05) is 34.8 Å². The van der Waals surface area contributed by atoms with E-state index in [2.05, 4.69) is 22.1 Å². The van der Waals surface area contributed by atoms with E-state index in [1.54, 1.807) is 19.9 Å². The Morgan fingerprint density at radius 3 is 2.49 bits per heavy atom. The Balaban J connectivity index is 1.78. The van der Waals surface area contributed by atoms with Crippen LogP contribution in [0.5, 0.6) is 0 Å². The lowest BCUT2D eigenvalue weighted by Crippen LogP contribution is -2.44. The molecule has 0 aromatic heterocycles. The van der Waals surface area contributed by atoms with E-state index in [0.29, 0.717) is 15.8 Å². The molecule has 4 rings (SSSR count). The second-order valence-corrected chi connectivity index (χ2v) is 12.8. The fourth-order valence-corrected chi connectivity index (χ4v) is 5.93. The van der Waals surface area contributed by atoms with Gasteiger partial charge >= 0.3 is 5.24 Å². The number of amidine groups is 1. The number of hydrogen-bond donors (Lipinski definition) is 0. The van der Waals surface area contributed by atoms with E-state index in [4.69, 9.17) is 28.2 Å². The number of rotatable bonds is 4. The largest absolute Gasteiger partial charge is 0.326 e. The van der Waals surface area contributed by atoms with E-state index in [0.717, 1.165) is 64.4 Å². The quantitative estimate of drug-likeness (QED) is 0.289. The normalized spacial score (nSPS) is 17.8. The summed E-state index contributed by atoms with van der Waals surface area (Å²) in [4.78, 5) is 32.5. The maximum Gasteiger partial charge on any atom is 0.310 e. The molecule has 6 nitrogen and oxygen atoms in total. The van der Waals surface area contributed by atoms with Crippen molar-refractivity contribution in [2.75, 3.05) is 11.4 Å². The molecule has 2 aromatic rings. The summed E-state index contributed by atoms with van der Waals surface area (Å²) in [7, 11) is 0. The molecule has 0 N–H and O–H groups in total. The first-order valence-electron chi connectivity index (χ1n) is 12.5. The standard InChI is InChI=1S/C28H32Cl2N4O2S/c1-16(2)26(35)34-27(36)37-28(5,6)24(32-34)19-9-12-23-18(14-19)8-7-13-33(23)25(31-17(3)4)21-11-10-20(29)15-22(21)30/h9-12,14-17H,7-8,13H2,1-6H3/b31-25-. The van der Waals surface area contributed by atoms with Crippen LogP contribution in [0.4, 0.5) is 10.5 Å². The zero-order valence-electron chi connectivity index (χ0n) is 22.0. The lowest BCUT2D eigenvalue weighted by Gasteiger charge is -2.35. The van der Waals surface area contributed by atoms with Gasteiger partial charge in [-0.3, -0.25) is 14.6 Å². The molecule has 0 atom stereocenters. The number of nitrogens with zero attached hydrogens (tertiary/aromatic N) is 4.